The van der Waals surface area contributed by atoms with E-state index in [0.29, 0.717) is 29.0 Å². The summed E-state index contributed by atoms with van der Waals surface area (Å²) in [6.07, 6.45) is 2.00. The van der Waals surface area contributed by atoms with E-state index in [4.69, 9.17) is 4.74 Å². The molecule has 0 unspecified atom stereocenters. The molecule has 5 nitrogen and oxygen atoms in total. The van der Waals surface area contributed by atoms with Crippen molar-refractivity contribution in [3.8, 4) is 0 Å². The number of carbonyl (C=O) groups is 2. The van der Waals surface area contributed by atoms with Crippen molar-refractivity contribution in [3.63, 3.8) is 0 Å². The van der Waals surface area contributed by atoms with E-state index in [1.165, 1.54) is 19.2 Å². The number of methoxy groups -OCH3 is 1. The fraction of sp³-hybridized carbons (Fsp3) is 0.133. The van der Waals surface area contributed by atoms with Crippen LogP contribution in [-0.2, 0) is 16.1 Å². The monoisotopic (exact) mass is 478 g/mol. The molecule has 36 heavy (non-hydrogen) atoms. The number of nitrogens with one attached hydrogen (secondary N) is 1. The van der Waals surface area contributed by atoms with Gasteiger partial charge in [0.15, 0.2) is 5.78 Å². The van der Waals surface area contributed by atoms with Gasteiger partial charge in [-0.25, -0.2) is 9.18 Å². The van der Waals surface area contributed by atoms with Gasteiger partial charge in [-0.15, -0.1) is 0 Å². The Morgan fingerprint density at radius 1 is 1.00 bits per heavy atom. The highest BCUT2D eigenvalue weighted by Crippen LogP contribution is 2.48. The quantitative estimate of drug-likeness (QED) is 0.390. The van der Waals surface area contributed by atoms with Gasteiger partial charge in [-0.3, -0.25) is 4.79 Å². The summed E-state index contributed by atoms with van der Waals surface area (Å²) in [5.41, 5.74) is 6.57. The summed E-state index contributed by atoms with van der Waals surface area (Å²) in [4.78, 5) is 26.8. The fourth-order valence-electron chi connectivity index (χ4n) is 5.44. The first-order valence-corrected chi connectivity index (χ1v) is 11.7. The van der Waals surface area contributed by atoms with Crippen LogP contribution >= 0.6 is 0 Å². The van der Waals surface area contributed by atoms with E-state index in [0.717, 1.165) is 33.3 Å². The van der Waals surface area contributed by atoms with E-state index in [1.807, 2.05) is 61.7 Å². The lowest BCUT2D eigenvalue weighted by Crippen LogP contribution is -2.29. The van der Waals surface area contributed by atoms with Gasteiger partial charge in [-0.2, -0.15) is 0 Å². The number of hydrogen-bond acceptors (Lipinski definition) is 4. The molecule has 1 aliphatic carbocycles. The molecule has 1 aliphatic heterocycles. The second-order valence-corrected chi connectivity index (χ2v) is 9.11. The number of rotatable bonds is 4. The number of carbonyl (C=O) groups excluding carboxylic acids is 2. The van der Waals surface area contributed by atoms with Crippen LogP contribution < -0.4 is 5.32 Å². The van der Waals surface area contributed by atoms with Crippen LogP contribution in [0.25, 0.3) is 16.6 Å². The summed E-state index contributed by atoms with van der Waals surface area (Å²) in [7, 11) is 1.35. The Morgan fingerprint density at radius 3 is 2.44 bits per heavy atom. The minimum atomic E-state index is -0.604. The lowest BCUT2D eigenvalue weighted by Gasteiger charge is -2.28. The van der Waals surface area contributed by atoms with Crippen LogP contribution in [-0.4, -0.2) is 23.4 Å². The lowest BCUT2D eigenvalue weighted by atomic mass is 9.79. The maximum atomic E-state index is 13.7. The molecule has 1 atom stereocenters. The summed E-state index contributed by atoms with van der Waals surface area (Å²) in [5.74, 6) is -1.46. The Bertz CT molecular complexity index is 1630. The normalized spacial score (nSPS) is 16.8. The molecule has 0 bridgehead atoms. The number of ether oxygens (including phenoxy) is 1. The van der Waals surface area contributed by atoms with Gasteiger partial charge in [0.05, 0.1) is 24.3 Å². The van der Waals surface area contributed by atoms with Gasteiger partial charge >= 0.3 is 5.97 Å². The maximum Gasteiger partial charge on any atom is 0.336 e. The average Bonchev–Trinajstić information content (AvgIpc) is 3.39. The third kappa shape index (κ3) is 3.29. The third-order valence-corrected chi connectivity index (χ3v) is 7.05. The van der Waals surface area contributed by atoms with Crippen molar-refractivity contribution in [2.45, 2.75) is 19.4 Å². The van der Waals surface area contributed by atoms with Crippen molar-refractivity contribution in [2.24, 2.45) is 0 Å². The highest BCUT2D eigenvalue weighted by atomic mass is 19.1. The number of Topliss-reactive ketones (excluding diaryl/α,β-unsaturated/α-hetero) is 1. The standard InChI is InChI=1S/C30H23FN2O3/c1-17-25(30(35)36-2)26(27-28(32-17)21-8-3-4-9-22(21)29(27)34)23-16-33(24-10-6-5-7-20(23)24)15-18-11-13-19(31)14-12-18/h3-14,16,26,32H,15H2,1-2H3/t26-/m0/s1. The number of aromatic nitrogens is 1. The first kappa shape index (κ1) is 22.0. The highest BCUT2D eigenvalue weighted by molar-refractivity contribution is 6.23. The van der Waals surface area contributed by atoms with E-state index in [1.54, 1.807) is 12.1 Å². The summed E-state index contributed by atoms with van der Waals surface area (Å²) in [6.45, 7) is 2.36. The Morgan fingerprint density at radius 2 is 1.69 bits per heavy atom. The van der Waals surface area contributed by atoms with Gasteiger partial charge in [-0.1, -0.05) is 54.6 Å². The van der Waals surface area contributed by atoms with Gasteiger partial charge in [0.2, 0.25) is 0 Å². The zero-order chi connectivity index (χ0) is 25.0. The number of halogens is 1. The molecule has 0 amide bonds. The van der Waals surface area contributed by atoms with Crippen LogP contribution in [0.5, 0.6) is 0 Å². The van der Waals surface area contributed by atoms with Crippen LogP contribution in [0.1, 0.15) is 39.9 Å². The van der Waals surface area contributed by atoms with Crippen molar-refractivity contribution in [2.75, 3.05) is 7.11 Å². The molecule has 1 aromatic heterocycles. The van der Waals surface area contributed by atoms with Gasteiger partial charge in [0.25, 0.3) is 0 Å². The molecule has 0 spiro atoms. The Hall–Kier alpha value is -4.45. The highest BCUT2D eigenvalue weighted by Gasteiger charge is 2.43. The fourth-order valence-corrected chi connectivity index (χ4v) is 5.44. The number of ketones is 1. The van der Waals surface area contributed by atoms with E-state index >= 15 is 0 Å². The zero-order valence-corrected chi connectivity index (χ0v) is 19.8. The van der Waals surface area contributed by atoms with Crippen LogP contribution in [0.3, 0.4) is 0 Å². The number of nitrogens with zero attached hydrogens (tertiary/aromatic N) is 1. The minimum absolute atomic E-state index is 0.0950. The third-order valence-electron chi connectivity index (χ3n) is 7.05. The Kier molecular flexibility index (Phi) is 5.11. The molecule has 1 N–H and O–H groups in total. The van der Waals surface area contributed by atoms with Crippen LogP contribution in [0.4, 0.5) is 4.39 Å². The van der Waals surface area contributed by atoms with E-state index in [-0.39, 0.29) is 11.6 Å². The molecule has 4 aromatic rings. The molecule has 6 heteroatoms. The second kappa shape index (κ2) is 8.34. The van der Waals surface area contributed by atoms with Crippen molar-refractivity contribution < 1.29 is 18.7 Å². The molecule has 3 aromatic carbocycles. The topological polar surface area (TPSA) is 60.3 Å². The number of benzene rings is 3. The summed E-state index contributed by atoms with van der Waals surface area (Å²) in [5, 5.41) is 4.27. The molecule has 2 aliphatic rings. The summed E-state index contributed by atoms with van der Waals surface area (Å²) < 4.78 is 20.8. The van der Waals surface area contributed by atoms with Gasteiger partial charge < -0.3 is 14.6 Å². The van der Waals surface area contributed by atoms with Crippen molar-refractivity contribution in [3.05, 3.63) is 124 Å². The number of allylic oxidation sites excluding steroid dienone is 2. The summed E-state index contributed by atoms with van der Waals surface area (Å²) >= 11 is 0. The SMILES string of the molecule is COC(=O)C1=C(C)NC2=C(C(=O)c3ccccc32)[C@H]1c1cn(Cc2ccc(F)cc2)c2ccccc12. The number of para-hydroxylation sites is 1. The lowest BCUT2D eigenvalue weighted by molar-refractivity contribution is -0.136. The minimum Gasteiger partial charge on any atom is -0.466 e. The smallest absolute Gasteiger partial charge is 0.336 e. The van der Waals surface area contributed by atoms with Crippen molar-refractivity contribution in [1.29, 1.82) is 0 Å². The van der Waals surface area contributed by atoms with E-state index in [9.17, 15) is 14.0 Å². The molecular weight excluding hydrogens is 455 g/mol. The van der Waals surface area contributed by atoms with Gasteiger partial charge in [0, 0.05) is 46.0 Å². The molecule has 6 rings (SSSR count). The number of dihydropyridines is 1. The van der Waals surface area contributed by atoms with Gasteiger partial charge in [0.1, 0.15) is 5.82 Å². The first-order chi connectivity index (χ1) is 17.5. The molecular formula is C30H23FN2O3. The molecule has 2 heterocycles. The van der Waals surface area contributed by atoms with Gasteiger partial charge in [-0.05, 0) is 36.2 Å². The number of esters is 1. The molecule has 0 saturated heterocycles. The van der Waals surface area contributed by atoms with Crippen molar-refractivity contribution in [1.82, 2.24) is 9.88 Å². The average molecular weight is 479 g/mol. The van der Waals surface area contributed by atoms with Crippen molar-refractivity contribution >= 4 is 28.4 Å². The predicted molar refractivity (Wildman–Crippen MR) is 136 cm³/mol. The largest absolute Gasteiger partial charge is 0.466 e. The van der Waals surface area contributed by atoms with E-state index in [2.05, 4.69) is 9.88 Å². The number of hydrogen-bond donors (Lipinski definition) is 1. The molecule has 0 fully saturated rings. The van der Waals surface area contributed by atoms with Crippen LogP contribution in [0.2, 0.25) is 0 Å². The molecule has 0 saturated carbocycles. The molecule has 178 valence electrons. The predicted octanol–water partition coefficient (Wildman–Crippen LogP) is 5.57. The zero-order valence-electron chi connectivity index (χ0n) is 19.8. The van der Waals surface area contributed by atoms with Crippen LogP contribution in [0.15, 0.2) is 95.8 Å². The molecule has 0 radical (unpaired) electrons. The first-order valence-electron chi connectivity index (χ1n) is 11.7. The summed E-state index contributed by atoms with van der Waals surface area (Å²) in [6, 6.07) is 21.8. The number of fused-ring (bicyclic) bond motifs is 3. The Labute approximate surface area is 207 Å². The van der Waals surface area contributed by atoms with E-state index < -0.39 is 11.9 Å². The van der Waals surface area contributed by atoms with Crippen LogP contribution in [0, 0.1) is 5.82 Å². The maximum absolute atomic E-state index is 13.7. The second-order valence-electron chi connectivity index (χ2n) is 9.11. The Balaban J connectivity index is 1.57.